The second-order valence-corrected chi connectivity index (χ2v) is 4.37. The highest BCUT2D eigenvalue weighted by atomic mass is 13.9. The number of rotatable bonds is 3. The number of benzene rings is 1. The van der Waals surface area contributed by atoms with E-state index >= 15 is 0 Å². The molecule has 0 saturated heterocycles. The van der Waals surface area contributed by atoms with Crippen molar-refractivity contribution in [3.05, 3.63) is 34.9 Å². The van der Waals surface area contributed by atoms with Gasteiger partial charge in [-0.1, -0.05) is 74.4 Å². The molecule has 0 amide bonds. The molecule has 0 heteroatoms. The van der Waals surface area contributed by atoms with Crippen LogP contribution in [0.15, 0.2) is 18.2 Å². The van der Waals surface area contributed by atoms with E-state index in [9.17, 15) is 0 Å². The lowest BCUT2D eigenvalue weighted by Gasteiger charge is -1.96. The van der Waals surface area contributed by atoms with Gasteiger partial charge in [0.1, 0.15) is 0 Å². The third-order valence-corrected chi connectivity index (χ3v) is 2.32. The topological polar surface area (TPSA) is 0 Å². The Balaban J connectivity index is 0.000000288. The van der Waals surface area contributed by atoms with Crippen LogP contribution >= 0.6 is 0 Å². The van der Waals surface area contributed by atoms with Gasteiger partial charge in [0.15, 0.2) is 0 Å². The molecule has 0 spiro atoms. The maximum atomic E-state index is 2.23. The van der Waals surface area contributed by atoms with Crippen LogP contribution in [0.5, 0.6) is 0 Å². The SMILES string of the molecule is CCCCCC.Cc1cc(C)cc(C)c1. The molecule has 0 nitrogen and oxygen atoms in total. The molecular formula is C15H26. The third kappa shape index (κ3) is 8.23. The van der Waals surface area contributed by atoms with Crippen LogP contribution in [0.1, 0.15) is 56.2 Å². The normalized spacial score (nSPS) is 9.40. The molecule has 0 heterocycles. The Morgan fingerprint density at radius 1 is 0.667 bits per heavy atom. The van der Waals surface area contributed by atoms with E-state index in [1.54, 1.807) is 0 Å². The maximum Gasteiger partial charge on any atom is -0.0398 e. The first-order chi connectivity index (χ1) is 7.10. The molecule has 86 valence electrons. The van der Waals surface area contributed by atoms with Crippen LogP contribution in [-0.2, 0) is 0 Å². The van der Waals surface area contributed by atoms with Crippen molar-refractivity contribution in [2.75, 3.05) is 0 Å². The molecule has 1 aromatic rings. The van der Waals surface area contributed by atoms with Gasteiger partial charge in [-0.05, 0) is 20.8 Å². The number of hydrogen-bond acceptors (Lipinski definition) is 0. The van der Waals surface area contributed by atoms with Crippen molar-refractivity contribution in [1.29, 1.82) is 0 Å². The predicted octanol–water partition coefficient (Wildman–Crippen LogP) is 5.20. The third-order valence-electron chi connectivity index (χ3n) is 2.32. The Labute approximate surface area is 95.7 Å². The first-order valence-corrected chi connectivity index (χ1v) is 6.15. The summed E-state index contributed by atoms with van der Waals surface area (Å²) in [5.41, 5.74) is 4.06. The van der Waals surface area contributed by atoms with Gasteiger partial charge in [0, 0.05) is 0 Å². The van der Waals surface area contributed by atoms with Crippen LogP contribution in [0.4, 0.5) is 0 Å². The van der Waals surface area contributed by atoms with Gasteiger partial charge in [-0.3, -0.25) is 0 Å². The lowest BCUT2D eigenvalue weighted by Crippen LogP contribution is -1.78. The van der Waals surface area contributed by atoms with Gasteiger partial charge in [-0.2, -0.15) is 0 Å². The molecule has 0 aliphatic carbocycles. The molecule has 0 unspecified atom stereocenters. The second-order valence-electron chi connectivity index (χ2n) is 4.37. The highest BCUT2D eigenvalue weighted by Gasteiger charge is 1.87. The first kappa shape index (κ1) is 14.2. The monoisotopic (exact) mass is 206 g/mol. The largest absolute Gasteiger partial charge is 0.0654 e. The molecule has 0 saturated carbocycles. The van der Waals surface area contributed by atoms with Crippen LogP contribution in [0.3, 0.4) is 0 Å². The van der Waals surface area contributed by atoms with E-state index in [1.807, 2.05) is 0 Å². The molecule has 0 aliphatic rings. The van der Waals surface area contributed by atoms with Crippen LogP contribution in [0.2, 0.25) is 0 Å². The molecule has 1 rings (SSSR count). The standard InChI is InChI=1S/C9H12.C6H14/c1-7-4-8(2)6-9(3)5-7;1-3-5-6-4-2/h4-6H,1-3H3;3-6H2,1-2H3. The summed E-state index contributed by atoms with van der Waals surface area (Å²) in [4.78, 5) is 0. The Kier molecular flexibility index (Phi) is 8.08. The van der Waals surface area contributed by atoms with Crippen LogP contribution in [0, 0.1) is 20.8 Å². The number of aryl methyl sites for hydroxylation is 3. The van der Waals surface area contributed by atoms with Gasteiger partial charge in [0.25, 0.3) is 0 Å². The predicted molar refractivity (Wildman–Crippen MR) is 70.5 cm³/mol. The van der Waals surface area contributed by atoms with E-state index in [-0.39, 0.29) is 0 Å². The molecule has 1 aromatic carbocycles. The highest BCUT2D eigenvalue weighted by Crippen LogP contribution is 2.06. The number of unbranched alkanes of at least 4 members (excludes halogenated alkanes) is 3. The molecular weight excluding hydrogens is 180 g/mol. The molecule has 15 heavy (non-hydrogen) atoms. The minimum Gasteiger partial charge on any atom is -0.0654 e. The van der Waals surface area contributed by atoms with E-state index in [2.05, 4.69) is 52.8 Å². The van der Waals surface area contributed by atoms with Crippen molar-refractivity contribution < 1.29 is 0 Å². The zero-order valence-corrected chi connectivity index (χ0v) is 11.1. The lowest BCUT2D eigenvalue weighted by molar-refractivity contribution is 0.702. The Morgan fingerprint density at radius 3 is 1.13 bits per heavy atom. The fraction of sp³-hybridized carbons (Fsp3) is 0.600. The molecule has 0 radical (unpaired) electrons. The van der Waals surface area contributed by atoms with Crippen molar-refractivity contribution in [2.24, 2.45) is 0 Å². The fourth-order valence-corrected chi connectivity index (χ4v) is 1.70. The van der Waals surface area contributed by atoms with E-state index < -0.39 is 0 Å². The van der Waals surface area contributed by atoms with Gasteiger partial charge in [-0.15, -0.1) is 0 Å². The first-order valence-electron chi connectivity index (χ1n) is 6.15. The van der Waals surface area contributed by atoms with Crippen molar-refractivity contribution in [3.63, 3.8) is 0 Å². The smallest absolute Gasteiger partial charge is 0.0398 e. The lowest BCUT2D eigenvalue weighted by atomic mass is 10.1. The zero-order valence-electron chi connectivity index (χ0n) is 11.1. The van der Waals surface area contributed by atoms with Crippen molar-refractivity contribution >= 4 is 0 Å². The molecule has 0 atom stereocenters. The fourth-order valence-electron chi connectivity index (χ4n) is 1.70. The summed E-state index contributed by atoms with van der Waals surface area (Å²) < 4.78 is 0. The highest BCUT2D eigenvalue weighted by molar-refractivity contribution is 5.27. The van der Waals surface area contributed by atoms with Crippen molar-refractivity contribution in [3.8, 4) is 0 Å². The average Bonchev–Trinajstić information content (AvgIpc) is 2.13. The van der Waals surface area contributed by atoms with Crippen molar-refractivity contribution in [1.82, 2.24) is 0 Å². The molecule has 0 N–H and O–H groups in total. The molecule has 0 aliphatic heterocycles. The van der Waals surface area contributed by atoms with E-state index in [4.69, 9.17) is 0 Å². The zero-order chi connectivity index (χ0) is 11.7. The summed E-state index contributed by atoms with van der Waals surface area (Å²) in [5.74, 6) is 0. The average molecular weight is 206 g/mol. The Bertz CT molecular complexity index is 206. The van der Waals surface area contributed by atoms with Gasteiger partial charge >= 0.3 is 0 Å². The summed E-state index contributed by atoms with van der Waals surface area (Å²) >= 11 is 0. The van der Waals surface area contributed by atoms with Crippen LogP contribution in [-0.4, -0.2) is 0 Å². The number of hydrogen-bond donors (Lipinski definition) is 0. The summed E-state index contributed by atoms with van der Waals surface area (Å²) in [6.07, 6.45) is 5.54. The Hall–Kier alpha value is -0.780. The summed E-state index contributed by atoms with van der Waals surface area (Å²) in [5, 5.41) is 0. The Morgan fingerprint density at radius 2 is 0.933 bits per heavy atom. The maximum absolute atomic E-state index is 2.23. The summed E-state index contributed by atoms with van der Waals surface area (Å²) in [6.45, 7) is 10.8. The summed E-state index contributed by atoms with van der Waals surface area (Å²) in [7, 11) is 0. The second kappa shape index (κ2) is 8.52. The molecule has 0 fully saturated rings. The van der Waals surface area contributed by atoms with Gasteiger partial charge in [0.05, 0.1) is 0 Å². The van der Waals surface area contributed by atoms with Crippen LogP contribution in [0.25, 0.3) is 0 Å². The van der Waals surface area contributed by atoms with Gasteiger partial charge in [0.2, 0.25) is 0 Å². The summed E-state index contributed by atoms with van der Waals surface area (Å²) in [6, 6.07) is 6.56. The van der Waals surface area contributed by atoms with Crippen molar-refractivity contribution in [2.45, 2.75) is 60.3 Å². The quantitative estimate of drug-likeness (QED) is 0.596. The van der Waals surface area contributed by atoms with Gasteiger partial charge < -0.3 is 0 Å². The molecule has 0 bridgehead atoms. The minimum atomic E-state index is 1.35. The van der Waals surface area contributed by atoms with Crippen LogP contribution < -0.4 is 0 Å². The molecule has 0 aromatic heterocycles. The van der Waals surface area contributed by atoms with E-state index in [0.29, 0.717) is 0 Å². The minimum absolute atomic E-state index is 1.35. The van der Waals surface area contributed by atoms with Gasteiger partial charge in [-0.25, -0.2) is 0 Å². The van der Waals surface area contributed by atoms with E-state index in [0.717, 1.165) is 0 Å². The van der Waals surface area contributed by atoms with E-state index in [1.165, 1.54) is 42.4 Å².